The Morgan fingerprint density at radius 2 is 2.00 bits per heavy atom. The molecule has 1 amide bonds. The molecule has 1 unspecified atom stereocenters. The van der Waals surface area contributed by atoms with E-state index < -0.39 is 5.97 Å². The summed E-state index contributed by atoms with van der Waals surface area (Å²) in [5.74, 6) is -0.951. The average molecular weight is 193 g/mol. The van der Waals surface area contributed by atoms with E-state index >= 15 is 0 Å². The molecule has 0 bridgehead atoms. The molecular formula is C10H11NO3. The van der Waals surface area contributed by atoms with Gasteiger partial charge in [-0.15, -0.1) is 0 Å². The van der Waals surface area contributed by atoms with Gasteiger partial charge in [-0.3, -0.25) is 4.79 Å². The van der Waals surface area contributed by atoms with Crippen molar-refractivity contribution in [3.8, 4) is 0 Å². The Labute approximate surface area is 81.6 Å². The summed E-state index contributed by atoms with van der Waals surface area (Å²) in [6.07, 6.45) is 0.621. The number of nitrogens with one attached hydrogen (secondary N) is 1. The van der Waals surface area contributed by atoms with E-state index in [0.717, 1.165) is 5.56 Å². The summed E-state index contributed by atoms with van der Waals surface area (Å²) >= 11 is 0. The van der Waals surface area contributed by atoms with Gasteiger partial charge in [-0.05, 0) is 24.6 Å². The normalized spacial score (nSPS) is 11.8. The minimum absolute atomic E-state index is 0.102. The van der Waals surface area contributed by atoms with Crippen molar-refractivity contribution in [3.05, 3.63) is 35.4 Å². The fourth-order valence-electron chi connectivity index (χ4n) is 1.11. The Bertz CT molecular complexity index is 332. The fourth-order valence-corrected chi connectivity index (χ4v) is 1.11. The lowest BCUT2D eigenvalue weighted by molar-refractivity contribution is -0.110. The highest BCUT2D eigenvalue weighted by Gasteiger charge is 2.05. The molecule has 2 N–H and O–H groups in total. The van der Waals surface area contributed by atoms with Crippen molar-refractivity contribution in [1.29, 1.82) is 0 Å². The summed E-state index contributed by atoms with van der Waals surface area (Å²) in [5.41, 5.74) is 1.12. The molecule has 74 valence electrons. The highest BCUT2D eigenvalue weighted by molar-refractivity contribution is 5.87. The molecule has 1 aromatic rings. The van der Waals surface area contributed by atoms with Crippen molar-refractivity contribution in [2.45, 2.75) is 13.0 Å². The quantitative estimate of drug-likeness (QED) is 0.706. The lowest BCUT2D eigenvalue weighted by atomic mass is 10.1. The van der Waals surface area contributed by atoms with Crippen LogP contribution in [0.3, 0.4) is 0 Å². The highest BCUT2D eigenvalue weighted by Crippen LogP contribution is 2.12. The minimum atomic E-state index is -0.951. The van der Waals surface area contributed by atoms with Crippen LogP contribution in [0.25, 0.3) is 0 Å². The molecule has 0 spiro atoms. The van der Waals surface area contributed by atoms with Crippen LogP contribution >= 0.6 is 0 Å². The summed E-state index contributed by atoms with van der Waals surface area (Å²) in [6, 6.07) is 6.30. The summed E-state index contributed by atoms with van der Waals surface area (Å²) in [5, 5.41) is 11.2. The Kier molecular flexibility index (Phi) is 3.23. The van der Waals surface area contributed by atoms with Crippen LogP contribution in [0, 0.1) is 0 Å². The lowest BCUT2D eigenvalue weighted by Crippen LogP contribution is -2.16. The third-order valence-electron chi connectivity index (χ3n) is 1.98. The van der Waals surface area contributed by atoms with Crippen molar-refractivity contribution >= 4 is 12.4 Å². The second kappa shape index (κ2) is 4.41. The molecule has 0 aliphatic rings. The van der Waals surface area contributed by atoms with Gasteiger partial charge in [0.2, 0.25) is 6.41 Å². The van der Waals surface area contributed by atoms with Gasteiger partial charge in [-0.2, -0.15) is 0 Å². The maximum Gasteiger partial charge on any atom is 0.335 e. The molecule has 0 aliphatic heterocycles. The van der Waals surface area contributed by atoms with Crippen molar-refractivity contribution < 1.29 is 14.7 Å². The predicted octanol–water partition coefficient (Wildman–Crippen LogP) is 1.19. The number of amides is 1. The van der Waals surface area contributed by atoms with Crippen LogP contribution in [0.4, 0.5) is 0 Å². The van der Waals surface area contributed by atoms with Crippen LogP contribution in [0.1, 0.15) is 28.9 Å². The molecule has 0 radical (unpaired) electrons. The van der Waals surface area contributed by atoms with Gasteiger partial charge in [-0.25, -0.2) is 4.79 Å². The Hall–Kier alpha value is -1.84. The van der Waals surface area contributed by atoms with E-state index in [0.29, 0.717) is 6.41 Å². The number of carbonyl (C=O) groups is 2. The van der Waals surface area contributed by atoms with E-state index in [1.54, 1.807) is 12.1 Å². The van der Waals surface area contributed by atoms with Crippen LogP contribution < -0.4 is 5.32 Å². The zero-order chi connectivity index (χ0) is 10.6. The first-order valence-corrected chi connectivity index (χ1v) is 4.18. The third kappa shape index (κ3) is 2.32. The molecule has 0 heterocycles. The summed E-state index contributed by atoms with van der Waals surface area (Å²) in [4.78, 5) is 20.7. The molecule has 0 saturated carbocycles. The van der Waals surface area contributed by atoms with Crippen LogP contribution in [-0.2, 0) is 4.79 Å². The van der Waals surface area contributed by atoms with Crippen molar-refractivity contribution in [1.82, 2.24) is 5.32 Å². The topological polar surface area (TPSA) is 66.4 Å². The van der Waals surface area contributed by atoms with E-state index in [4.69, 9.17) is 5.11 Å². The van der Waals surface area contributed by atoms with E-state index in [-0.39, 0.29) is 11.6 Å². The van der Waals surface area contributed by atoms with Crippen molar-refractivity contribution in [2.24, 2.45) is 0 Å². The number of benzene rings is 1. The number of carboxylic acids is 1. The van der Waals surface area contributed by atoms with Gasteiger partial charge in [0.1, 0.15) is 0 Å². The number of carbonyl (C=O) groups excluding carboxylic acids is 1. The van der Waals surface area contributed by atoms with E-state index in [9.17, 15) is 9.59 Å². The molecule has 0 aromatic heterocycles. The number of aromatic carboxylic acids is 1. The Balaban J connectivity index is 2.82. The second-order valence-electron chi connectivity index (χ2n) is 2.93. The van der Waals surface area contributed by atoms with Crippen molar-refractivity contribution in [2.75, 3.05) is 0 Å². The van der Waals surface area contributed by atoms with Gasteiger partial charge in [0.05, 0.1) is 11.6 Å². The molecule has 1 aromatic carbocycles. The first-order valence-electron chi connectivity index (χ1n) is 4.18. The molecule has 1 rings (SSSR count). The molecule has 1 atom stereocenters. The molecule has 4 heteroatoms. The van der Waals surface area contributed by atoms with Crippen LogP contribution in [0.2, 0.25) is 0 Å². The molecule has 0 aliphatic carbocycles. The minimum Gasteiger partial charge on any atom is -0.478 e. The van der Waals surface area contributed by atoms with Crippen LogP contribution in [0.5, 0.6) is 0 Å². The van der Waals surface area contributed by atoms with Crippen LogP contribution in [-0.4, -0.2) is 17.5 Å². The molecule has 0 fully saturated rings. The Morgan fingerprint density at radius 1 is 1.43 bits per heavy atom. The lowest BCUT2D eigenvalue weighted by Gasteiger charge is -2.09. The SMILES string of the molecule is CC(NC=O)c1ccc(C(=O)O)cc1. The zero-order valence-electron chi connectivity index (χ0n) is 7.73. The summed E-state index contributed by atoms with van der Waals surface area (Å²) in [7, 11) is 0. The van der Waals surface area contributed by atoms with Gasteiger partial charge >= 0.3 is 5.97 Å². The number of hydrogen-bond acceptors (Lipinski definition) is 2. The average Bonchev–Trinajstić information content (AvgIpc) is 2.18. The van der Waals surface area contributed by atoms with E-state index in [1.165, 1.54) is 12.1 Å². The third-order valence-corrected chi connectivity index (χ3v) is 1.98. The smallest absolute Gasteiger partial charge is 0.335 e. The first-order chi connectivity index (χ1) is 6.65. The van der Waals surface area contributed by atoms with Gasteiger partial charge < -0.3 is 10.4 Å². The number of carboxylic acid groups (broad SMARTS) is 1. The molecular weight excluding hydrogens is 182 g/mol. The molecule has 4 nitrogen and oxygen atoms in total. The first kappa shape index (κ1) is 10.2. The molecule has 0 saturated heterocycles. The monoisotopic (exact) mass is 193 g/mol. The van der Waals surface area contributed by atoms with Gasteiger partial charge in [0.25, 0.3) is 0 Å². The van der Waals surface area contributed by atoms with Crippen molar-refractivity contribution in [3.63, 3.8) is 0 Å². The van der Waals surface area contributed by atoms with Gasteiger partial charge in [-0.1, -0.05) is 12.1 Å². The maximum atomic E-state index is 10.5. The van der Waals surface area contributed by atoms with Gasteiger partial charge in [0.15, 0.2) is 0 Å². The number of rotatable bonds is 4. The summed E-state index contributed by atoms with van der Waals surface area (Å²) in [6.45, 7) is 1.82. The van der Waals surface area contributed by atoms with E-state index in [2.05, 4.69) is 5.32 Å². The number of hydrogen-bond donors (Lipinski definition) is 2. The standard InChI is InChI=1S/C10H11NO3/c1-7(11-6-12)8-2-4-9(5-3-8)10(13)14/h2-7H,1H3,(H,11,12)(H,13,14). The van der Waals surface area contributed by atoms with E-state index in [1.807, 2.05) is 6.92 Å². The Morgan fingerprint density at radius 3 is 2.43 bits per heavy atom. The fraction of sp³-hybridized carbons (Fsp3) is 0.200. The predicted molar refractivity (Wildman–Crippen MR) is 51.0 cm³/mol. The van der Waals surface area contributed by atoms with Crippen LogP contribution in [0.15, 0.2) is 24.3 Å². The molecule has 14 heavy (non-hydrogen) atoms. The maximum absolute atomic E-state index is 10.5. The zero-order valence-corrected chi connectivity index (χ0v) is 7.73. The van der Waals surface area contributed by atoms with Gasteiger partial charge in [0, 0.05) is 0 Å². The largest absolute Gasteiger partial charge is 0.478 e. The summed E-state index contributed by atoms with van der Waals surface area (Å²) < 4.78 is 0. The highest BCUT2D eigenvalue weighted by atomic mass is 16.4. The second-order valence-corrected chi connectivity index (χ2v) is 2.93.